The van der Waals surface area contributed by atoms with Gasteiger partial charge in [0.05, 0.1) is 12.6 Å². The molecule has 8 heteroatoms. The normalized spacial score (nSPS) is 21.7. The first-order valence-corrected chi connectivity index (χ1v) is 6.75. The number of thioether (sulfide) groups is 1. The van der Waals surface area contributed by atoms with E-state index in [-0.39, 0.29) is 12.3 Å². The SMILES string of the molecule is O=C(O)CC1S/C(=N/N=C/c2cccs2)NC1=O. The lowest BCUT2D eigenvalue weighted by Crippen LogP contribution is -2.26. The molecule has 1 atom stereocenters. The molecule has 2 heterocycles. The van der Waals surface area contributed by atoms with Crippen LogP contribution in [-0.4, -0.2) is 33.6 Å². The van der Waals surface area contributed by atoms with E-state index in [9.17, 15) is 9.59 Å². The fraction of sp³-hybridized carbons (Fsp3) is 0.200. The molecule has 1 aliphatic rings. The summed E-state index contributed by atoms with van der Waals surface area (Å²) in [5.41, 5.74) is 0. The Hall–Kier alpha value is -1.67. The molecular formula is C10H9N3O3S2. The average Bonchev–Trinajstić information content (AvgIpc) is 2.90. The Kier molecular flexibility index (Phi) is 4.11. The molecule has 1 aliphatic heterocycles. The van der Waals surface area contributed by atoms with Crippen LogP contribution in [0.15, 0.2) is 27.7 Å². The number of hydrogen-bond acceptors (Lipinski definition) is 6. The van der Waals surface area contributed by atoms with Gasteiger partial charge in [0.1, 0.15) is 5.25 Å². The van der Waals surface area contributed by atoms with Crippen molar-refractivity contribution in [3.63, 3.8) is 0 Å². The Balaban J connectivity index is 1.95. The van der Waals surface area contributed by atoms with E-state index >= 15 is 0 Å². The van der Waals surface area contributed by atoms with Crippen LogP contribution < -0.4 is 5.32 Å². The van der Waals surface area contributed by atoms with E-state index < -0.39 is 11.2 Å². The Morgan fingerprint density at radius 1 is 1.61 bits per heavy atom. The van der Waals surface area contributed by atoms with E-state index in [1.165, 1.54) is 11.3 Å². The quantitative estimate of drug-likeness (QED) is 0.640. The highest BCUT2D eigenvalue weighted by Gasteiger charge is 2.32. The van der Waals surface area contributed by atoms with Gasteiger partial charge < -0.3 is 10.4 Å². The number of amidine groups is 1. The van der Waals surface area contributed by atoms with Gasteiger partial charge in [-0.3, -0.25) is 9.59 Å². The first kappa shape index (κ1) is 12.8. The summed E-state index contributed by atoms with van der Waals surface area (Å²) in [5.74, 6) is -1.35. The Labute approximate surface area is 111 Å². The van der Waals surface area contributed by atoms with Gasteiger partial charge in [-0.05, 0) is 11.4 Å². The summed E-state index contributed by atoms with van der Waals surface area (Å²) in [7, 11) is 0. The van der Waals surface area contributed by atoms with Gasteiger partial charge in [-0.1, -0.05) is 17.8 Å². The number of carboxylic acids is 1. The minimum Gasteiger partial charge on any atom is -0.481 e. The van der Waals surface area contributed by atoms with E-state index in [0.29, 0.717) is 5.17 Å². The molecule has 0 radical (unpaired) electrons. The molecule has 18 heavy (non-hydrogen) atoms. The molecule has 1 aromatic rings. The standard InChI is InChI=1S/C10H9N3O3S2/c14-8(15)4-7-9(16)12-10(18-7)13-11-5-6-2-1-3-17-6/h1-3,5,7H,4H2,(H,14,15)(H,12,13,16)/b11-5+. The molecule has 2 rings (SSSR count). The monoisotopic (exact) mass is 283 g/mol. The van der Waals surface area contributed by atoms with Crippen LogP contribution in [-0.2, 0) is 9.59 Å². The van der Waals surface area contributed by atoms with Gasteiger partial charge in [0.2, 0.25) is 5.91 Å². The zero-order valence-corrected chi connectivity index (χ0v) is 10.7. The van der Waals surface area contributed by atoms with E-state index in [2.05, 4.69) is 15.5 Å². The van der Waals surface area contributed by atoms with Gasteiger partial charge in [-0.25, -0.2) is 0 Å². The van der Waals surface area contributed by atoms with Crippen LogP contribution in [0, 0.1) is 0 Å². The summed E-state index contributed by atoms with van der Waals surface area (Å²) in [6.45, 7) is 0. The lowest BCUT2D eigenvalue weighted by Gasteiger charge is -1.97. The highest BCUT2D eigenvalue weighted by molar-refractivity contribution is 8.15. The number of thiophene rings is 1. The molecule has 6 nitrogen and oxygen atoms in total. The second-order valence-corrected chi connectivity index (χ2v) is 5.53. The van der Waals surface area contributed by atoms with Gasteiger partial charge in [-0.2, -0.15) is 5.10 Å². The van der Waals surface area contributed by atoms with Gasteiger partial charge in [-0.15, -0.1) is 16.4 Å². The second-order valence-electron chi connectivity index (χ2n) is 3.36. The third kappa shape index (κ3) is 3.41. The molecule has 1 fully saturated rings. The van der Waals surface area contributed by atoms with Crippen LogP contribution in [0.5, 0.6) is 0 Å². The number of rotatable bonds is 4. The van der Waals surface area contributed by atoms with Crippen LogP contribution in [0.4, 0.5) is 0 Å². The predicted octanol–water partition coefficient (Wildman–Crippen LogP) is 1.14. The topological polar surface area (TPSA) is 91.1 Å². The maximum atomic E-state index is 11.4. The summed E-state index contributed by atoms with van der Waals surface area (Å²) >= 11 is 2.61. The summed E-state index contributed by atoms with van der Waals surface area (Å²) < 4.78 is 0. The third-order valence-electron chi connectivity index (χ3n) is 2.01. The van der Waals surface area contributed by atoms with Crippen molar-refractivity contribution < 1.29 is 14.7 Å². The molecule has 2 N–H and O–H groups in total. The first-order chi connectivity index (χ1) is 8.65. The molecule has 1 aromatic heterocycles. The maximum Gasteiger partial charge on any atom is 0.305 e. The fourth-order valence-electron chi connectivity index (χ4n) is 1.25. The van der Waals surface area contributed by atoms with Crippen molar-refractivity contribution in [3.05, 3.63) is 22.4 Å². The number of aliphatic carboxylic acids is 1. The number of nitrogens with one attached hydrogen (secondary N) is 1. The Bertz CT molecular complexity index is 510. The van der Waals surface area contributed by atoms with Crippen molar-refractivity contribution >= 4 is 46.4 Å². The number of amides is 1. The molecule has 0 bridgehead atoms. The largest absolute Gasteiger partial charge is 0.481 e. The summed E-state index contributed by atoms with van der Waals surface area (Å²) in [6, 6.07) is 3.79. The Morgan fingerprint density at radius 3 is 3.11 bits per heavy atom. The molecule has 0 aliphatic carbocycles. The minimum absolute atomic E-state index is 0.218. The maximum absolute atomic E-state index is 11.4. The lowest BCUT2D eigenvalue weighted by molar-refractivity contribution is -0.138. The van der Waals surface area contributed by atoms with E-state index in [1.54, 1.807) is 6.21 Å². The highest BCUT2D eigenvalue weighted by atomic mass is 32.2. The molecule has 1 unspecified atom stereocenters. The van der Waals surface area contributed by atoms with Gasteiger partial charge >= 0.3 is 5.97 Å². The number of nitrogens with zero attached hydrogens (tertiary/aromatic N) is 2. The van der Waals surface area contributed by atoms with Crippen LogP contribution in [0.1, 0.15) is 11.3 Å². The molecule has 0 saturated carbocycles. The van der Waals surface area contributed by atoms with Crippen LogP contribution >= 0.6 is 23.1 Å². The van der Waals surface area contributed by atoms with Crippen LogP contribution in [0.25, 0.3) is 0 Å². The van der Waals surface area contributed by atoms with Gasteiger partial charge in [0.15, 0.2) is 5.17 Å². The Morgan fingerprint density at radius 2 is 2.44 bits per heavy atom. The highest BCUT2D eigenvalue weighted by Crippen LogP contribution is 2.22. The van der Waals surface area contributed by atoms with Crippen molar-refractivity contribution in [2.45, 2.75) is 11.7 Å². The van der Waals surface area contributed by atoms with Gasteiger partial charge in [0, 0.05) is 4.88 Å². The number of hydrogen-bond donors (Lipinski definition) is 2. The van der Waals surface area contributed by atoms with Crippen molar-refractivity contribution in [2.75, 3.05) is 0 Å². The van der Waals surface area contributed by atoms with Crippen molar-refractivity contribution in [2.24, 2.45) is 10.2 Å². The zero-order chi connectivity index (χ0) is 13.0. The fourth-order valence-corrected chi connectivity index (χ4v) is 2.74. The average molecular weight is 283 g/mol. The molecule has 1 saturated heterocycles. The van der Waals surface area contributed by atoms with E-state index in [0.717, 1.165) is 16.6 Å². The lowest BCUT2D eigenvalue weighted by atomic mass is 10.3. The van der Waals surface area contributed by atoms with Crippen molar-refractivity contribution in [1.29, 1.82) is 0 Å². The zero-order valence-electron chi connectivity index (χ0n) is 9.07. The minimum atomic E-state index is -1.01. The van der Waals surface area contributed by atoms with Crippen LogP contribution in [0.2, 0.25) is 0 Å². The third-order valence-corrected chi connectivity index (χ3v) is 3.89. The summed E-state index contributed by atoms with van der Waals surface area (Å²) in [4.78, 5) is 22.9. The summed E-state index contributed by atoms with van der Waals surface area (Å²) in [5, 5.41) is 20.4. The van der Waals surface area contributed by atoms with Crippen LogP contribution in [0.3, 0.4) is 0 Å². The van der Waals surface area contributed by atoms with Crippen molar-refractivity contribution in [3.8, 4) is 0 Å². The molecular weight excluding hydrogens is 274 g/mol. The smallest absolute Gasteiger partial charge is 0.305 e. The van der Waals surface area contributed by atoms with Gasteiger partial charge in [0.25, 0.3) is 0 Å². The van der Waals surface area contributed by atoms with Crippen molar-refractivity contribution in [1.82, 2.24) is 5.32 Å². The van der Waals surface area contributed by atoms with E-state index in [1.807, 2.05) is 17.5 Å². The molecule has 94 valence electrons. The molecule has 0 spiro atoms. The molecule has 0 aromatic carbocycles. The number of carboxylic acid groups (broad SMARTS) is 1. The number of carbonyl (C=O) groups is 2. The van der Waals surface area contributed by atoms with E-state index in [4.69, 9.17) is 5.11 Å². The number of carbonyl (C=O) groups excluding carboxylic acids is 1. The molecule has 1 amide bonds. The predicted molar refractivity (Wildman–Crippen MR) is 71.1 cm³/mol. The second kappa shape index (κ2) is 5.78. The summed E-state index contributed by atoms with van der Waals surface area (Å²) in [6.07, 6.45) is 1.36. The first-order valence-electron chi connectivity index (χ1n) is 4.99.